The molecular formula is C20H27NO3. The van der Waals surface area contributed by atoms with Crippen LogP contribution in [0.1, 0.15) is 84.6 Å². The number of furan rings is 1. The van der Waals surface area contributed by atoms with Gasteiger partial charge in [-0.15, -0.1) is 0 Å². The Bertz CT molecular complexity index is 694. The van der Waals surface area contributed by atoms with Crippen LogP contribution in [0.25, 0.3) is 0 Å². The molecule has 0 aromatic carbocycles. The third-order valence-corrected chi connectivity index (χ3v) is 5.10. The van der Waals surface area contributed by atoms with Gasteiger partial charge in [-0.05, 0) is 44.4 Å². The van der Waals surface area contributed by atoms with E-state index in [1.54, 1.807) is 0 Å². The zero-order chi connectivity index (χ0) is 17.3. The number of carbonyl (C=O) groups excluding carboxylic acids is 2. The van der Waals surface area contributed by atoms with E-state index in [1.165, 1.54) is 18.4 Å². The highest BCUT2D eigenvalue weighted by molar-refractivity contribution is 6.03. The zero-order valence-electron chi connectivity index (χ0n) is 15.0. The van der Waals surface area contributed by atoms with E-state index in [4.69, 9.17) is 4.42 Å². The largest absolute Gasteiger partial charge is 0.455 e. The van der Waals surface area contributed by atoms with Crippen LogP contribution >= 0.6 is 0 Å². The second kappa shape index (κ2) is 6.58. The molecule has 2 aliphatic rings. The summed E-state index contributed by atoms with van der Waals surface area (Å²) in [5, 5.41) is 2.95. The molecule has 1 aromatic rings. The van der Waals surface area contributed by atoms with Gasteiger partial charge in [0.15, 0.2) is 11.5 Å². The maximum atomic E-state index is 12.5. The third kappa shape index (κ3) is 3.47. The molecule has 0 bridgehead atoms. The maximum absolute atomic E-state index is 12.5. The molecule has 0 spiro atoms. The molecule has 2 aliphatic carbocycles. The van der Waals surface area contributed by atoms with Crippen LogP contribution in [0.15, 0.2) is 16.1 Å². The highest BCUT2D eigenvalue weighted by Gasteiger charge is 2.36. The number of Topliss-reactive ketones (excluding diaryl/α,β-unsaturated/α-hetero) is 1. The average Bonchev–Trinajstić information content (AvgIpc) is 2.83. The van der Waals surface area contributed by atoms with Crippen molar-refractivity contribution >= 4 is 11.7 Å². The topological polar surface area (TPSA) is 59.3 Å². The molecule has 1 heterocycles. The summed E-state index contributed by atoms with van der Waals surface area (Å²) in [6.45, 7) is 6.55. The highest BCUT2D eigenvalue weighted by atomic mass is 16.4. The van der Waals surface area contributed by atoms with Crippen LogP contribution in [0.4, 0.5) is 0 Å². The number of nitrogens with one attached hydrogen (secondary N) is 1. The lowest BCUT2D eigenvalue weighted by atomic mass is 9.76. The van der Waals surface area contributed by atoms with Crippen molar-refractivity contribution in [1.82, 2.24) is 5.32 Å². The van der Waals surface area contributed by atoms with Gasteiger partial charge in [-0.2, -0.15) is 0 Å². The summed E-state index contributed by atoms with van der Waals surface area (Å²) in [6, 6.07) is 0. The number of ketones is 1. The summed E-state index contributed by atoms with van der Waals surface area (Å²) < 4.78 is 5.80. The van der Waals surface area contributed by atoms with Gasteiger partial charge in [-0.3, -0.25) is 9.59 Å². The Morgan fingerprint density at radius 3 is 2.79 bits per heavy atom. The smallest absolute Gasteiger partial charge is 0.287 e. The van der Waals surface area contributed by atoms with E-state index >= 15 is 0 Å². The van der Waals surface area contributed by atoms with Crippen molar-refractivity contribution in [3.05, 3.63) is 34.3 Å². The molecule has 0 saturated carbocycles. The van der Waals surface area contributed by atoms with Gasteiger partial charge in [0.25, 0.3) is 5.91 Å². The minimum Gasteiger partial charge on any atom is -0.455 e. The molecule has 1 amide bonds. The predicted octanol–water partition coefficient (Wildman–Crippen LogP) is 4.36. The Balaban J connectivity index is 1.68. The molecule has 0 fully saturated rings. The quantitative estimate of drug-likeness (QED) is 0.835. The molecule has 3 rings (SSSR count). The Labute approximate surface area is 143 Å². The lowest BCUT2D eigenvalue weighted by Crippen LogP contribution is -2.26. The molecule has 130 valence electrons. The van der Waals surface area contributed by atoms with Crippen LogP contribution in [0.3, 0.4) is 0 Å². The van der Waals surface area contributed by atoms with Gasteiger partial charge in [0, 0.05) is 24.9 Å². The van der Waals surface area contributed by atoms with Crippen LogP contribution in [0, 0.1) is 12.3 Å². The molecule has 0 radical (unpaired) electrons. The lowest BCUT2D eigenvalue weighted by molar-refractivity contribution is 0.0889. The van der Waals surface area contributed by atoms with Gasteiger partial charge >= 0.3 is 0 Å². The van der Waals surface area contributed by atoms with Crippen molar-refractivity contribution in [2.45, 2.75) is 65.7 Å². The first kappa shape index (κ1) is 17.0. The van der Waals surface area contributed by atoms with Crippen LogP contribution in [-0.2, 0) is 6.42 Å². The van der Waals surface area contributed by atoms with E-state index in [1.807, 2.05) is 6.92 Å². The molecule has 24 heavy (non-hydrogen) atoms. The Hall–Kier alpha value is -1.84. The van der Waals surface area contributed by atoms with Crippen molar-refractivity contribution in [3.8, 4) is 0 Å². The van der Waals surface area contributed by atoms with Crippen molar-refractivity contribution in [2.75, 3.05) is 6.54 Å². The number of carbonyl (C=O) groups is 2. The molecule has 1 N–H and O–H groups in total. The molecule has 1 aromatic heterocycles. The molecular weight excluding hydrogens is 302 g/mol. The summed E-state index contributed by atoms with van der Waals surface area (Å²) >= 11 is 0. The summed E-state index contributed by atoms with van der Waals surface area (Å²) in [5.74, 6) is 0.871. The highest BCUT2D eigenvalue weighted by Crippen LogP contribution is 2.38. The second-order valence-corrected chi connectivity index (χ2v) is 7.91. The molecule has 0 aliphatic heterocycles. The first-order chi connectivity index (χ1) is 11.4. The zero-order valence-corrected chi connectivity index (χ0v) is 15.0. The monoisotopic (exact) mass is 329 g/mol. The minimum absolute atomic E-state index is 0.0916. The maximum Gasteiger partial charge on any atom is 0.287 e. The normalized spacial score (nSPS) is 19.6. The van der Waals surface area contributed by atoms with E-state index in [2.05, 4.69) is 25.2 Å². The summed E-state index contributed by atoms with van der Waals surface area (Å²) in [4.78, 5) is 24.8. The van der Waals surface area contributed by atoms with Crippen LogP contribution in [-0.4, -0.2) is 18.2 Å². The third-order valence-electron chi connectivity index (χ3n) is 5.10. The second-order valence-electron chi connectivity index (χ2n) is 7.91. The summed E-state index contributed by atoms with van der Waals surface area (Å²) in [5.41, 5.74) is 2.67. The fourth-order valence-corrected chi connectivity index (χ4v) is 3.85. The number of rotatable bonds is 4. The fourth-order valence-electron chi connectivity index (χ4n) is 3.85. The Kier molecular flexibility index (Phi) is 4.66. The molecule has 0 atom stereocenters. The molecule has 0 saturated heterocycles. The number of hydrogen-bond donors (Lipinski definition) is 1. The van der Waals surface area contributed by atoms with Crippen LogP contribution < -0.4 is 5.32 Å². The van der Waals surface area contributed by atoms with E-state index in [0.29, 0.717) is 42.0 Å². The first-order valence-corrected chi connectivity index (χ1v) is 8.99. The van der Waals surface area contributed by atoms with Gasteiger partial charge in [-0.1, -0.05) is 25.5 Å². The van der Waals surface area contributed by atoms with Gasteiger partial charge < -0.3 is 9.73 Å². The number of amides is 1. The Morgan fingerprint density at radius 2 is 2.08 bits per heavy atom. The van der Waals surface area contributed by atoms with Crippen molar-refractivity contribution < 1.29 is 14.0 Å². The summed E-state index contributed by atoms with van der Waals surface area (Å²) in [6.07, 6.45) is 9.24. The average molecular weight is 329 g/mol. The van der Waals surface area contributed by atoms with E-state index < -0.39 is 0 Å². The summed E-state index contributed by atoms with van der Waals surface area (Å²) in [7, 11) is 0. The van der Waals surface area contributed by atoms with Crippen LogP contribution in [0.2, 0.25) is 0 Å². The van der Waals surface area contributed by atoms with Crippen molar-refractivity contribution in [1.29, 1.82) is 0 Å². The van der Waals surface area contributed by atoms with E-state index in [9.17, 15) is 9.59 Å². The molecule has 4 heteroatoms. The van der Waals surface area contributed by atoms with Gasteiger partial charge in [0.05, 0.1) is 5.56 Å². The predicted molar refractivity (Wildman–Crippen MR) is 93.4 cm³/mol. The lowest BCUT2D eigenvalue weighted by Gasteiger charge is -2.27. The SMILES string of the molecule is Cc1c(C(=O)NCCC2=CCCCC2)oc2c1C(=O)CC(C)(C)C2. The fraction of sp³-hybridized carbons (Fsp3) is 0.600. The minimum atomic E-state index is -0.205. The van der Waals surface area contributed by atoms with Gasteiger partial charge in [0.1, 0.15) is 5.76 Å². The number of allylic oxidation sites excluding steroid dienone is 1. The van der Waals surface area contributed by atoms with E-state index in [0.717, 1.165) is 19.3 Å². The van der Waals surface area contributed by atoms with Gasteiger partial charge in [-0.25, -0.2) is 0 Å². The van der Waals surface area contributed by atoms with Crippen LogP contribution in [0.5, 0.6) is 0 Å². The number of hydrogen-bond acceptors (Lipinski definition) is 3. The molecule has 0 unspecified atom stereocenters. The van der Waals surface area contributed by atoms with Crippen molar-refractivity contribution in [3.63, 3.8) is 0 Å². The molecule has 4 nitrogen and oxygen atoms in total. The van der Waals surface area contributed by atoms with Gasteiger partial charge in [0.2, 0.25) is 0 Å². The van der Waals surface area contributed by atoms with E-state index in [-0.39, 0.29) is 17.1 Å². The Morgan fingerprint density at radius 1 is 1.29 bits per heavy atom. The van der Waals surface area contributed by atoms with Crippen molar-refractivity contribution in [2.24, 2.45) is 5.41 Å². The standard InChI is InChI=1S/C20H27NO3/c1-13-17-15(22)11-20(2,3)12-16(17)24-18(13)19(23)21-10-9-14-7-5-4-6-8-14/h7H,4-6,8-12H2,1-3H3,(H,21,23). The number of fused-ring (bicyclic) bond motifs is 1. The first-order valence-electron chi connectivity index (χ1n) is 8.99.